The van der Waals surface area contributed by atoms with E-state index in [-0.39, 0.29) is 12.5 Å². The van der Waals surface area contributed by atoms with Crippen LogP contribution < -0.4 is 21.7 Å². The Morgan fingerprint density at radius 2 is 1.68 bits per heavy atom. The molecule has 0 heterocycles. The van der Waals surface area contributed by atoms with Crippen LogP contribution in [0.1, 0.15) is 47.5 Å². The third-order valence-electron chi connectivity index (χ3n) is 3.42. The minimum Gasteiger partial charge on any atom is -0.444 e. The van der Waals surface area contributed by atoms with Gasteiger partial charge in [-0.05, 0) is 51.5 Å². The summed E-state index contributed by atoms with van der Waals surface area (Å²) in [6.07, 6.45) is 1.95. The number of alkyl carbamates (subject to hydrolysis) is 1. The zero-order chi connectivity index (χ0) is 21.9. The van der Waals surface area contributed by atoms with Gasteiger partial charge in [-0.25, -0.2) is 4.79 Å². The van der Waals surface area contributed by atoms with Crippen LogP contribution in [0.15, 0.2) is 0 Å². The highest BCUT2D eigenvalue weighted by Crippen LogP contribution is 2.08. The number of rotatable bonds is 11. The van der Waals surface area contributed by atoms with E-state index in [9.17, 15) is 19.2 Å². The molecule has 0 aliphatic carbocycles. The molecular weight excluding hydrogens is 384 g/mol. The Kier molecular flexibility index (Phi) is 11.6. The van der Waals surface area contributed by atoms with Crippen molar-refractivity contribution in [2.75, 3.05) is 18.6 Å². The molecule has 0 spiro atoms. The monoisotopic (exact) mass is 418 g/mol. The lowest BCUT2D eigenvalue weighted by atomic mass is 10.0. The Hall–Kier alpha value is -1.97. The number of hydrogen-bond acceptors (Lipinski definition) is 6. The molecule has 0 aromatic rings. The number of thioether (sulfide) groups is 1. The number of nitrogens with two attached hydrogens (primary N) is 1. The molecule has 2 atom stereocenters. The molecule has 10 heteroatoms. The summed E-state index contributed by atoms with van der Waals surface area (Å²) < 4.78 is 5.06. The fourth-order valence-corrected chi connectivity index (χ4v) is 2.68. The van der Waals surface area contributed by atoms with Gasteiger partial charge >= 0.3 is 6.09 Å². The normalized spacial score (nSPS) is 13.4. The second kappa shape index (κ2) is 12.5. The molecule has 28 heavy (non-hydrogen) atoms. The van der Waals surface area contributed by atoms with Gasteiger partial charge in [0.1, 0.15) is 24.2 Å². The molecule has 0 rings (SSSR count). The molecule has 0 aromatic heterocycles. The number of carbonyl (C=O) groups excluding carboxylic acids is 4. The molecule has 0 saturated heterocycles. The summed E-state index contributed by atoms with van der Waals surface area (Å²) in [5.74, 6) is -0.859. The third kappa shape index (κ3) is 12.4. The molecule has 0 aliphatic heterocycles. The first-order valence-electron chi connectivity index (χ1n) is 9.20. The van der Waals surface area contributed by atoms with E-state index in [1.807, 2.05) is 20.1 Å². The largest absolute Gasteiger partial charge is 0.444 e. The maximum Gasteiger partial charge on any atom is 0.408 e. The first-order chi connectivity index (χ1) is 12.9. The molecule has 0 saturated carbocycles. The molecule has 0 bridgehead atoms. The van der Waals surface area contributed by atoms with Crippen LogP contribution in [0, 0.1) is 5.92 Å². The van der Waals surface area contributed by atoms with Gasteiger partial charge in [-0.1, -0.05) is 13.8 Å². The molecular formula is C18H34N4O5S. The molecule has 9 nitrogen and oxygen atoms in total. The summed E-state index contributed by atoms with van der Waals surface area (Å²) in [4.78, 5) is 47.9. The van der Waals surface area contributed by atoms with Crippen molar-refractivity contribution in [1.82, 2.24) is 16.0 Å². The average Bonchev–Trinajstić information content (AvgIpc) is 2.53. The summed E-state index contributed by atoms with van der Waals surface area (Å²) >= 11 is 1.54. The van der Waals surface area contributed by atoms with Crippen LogP contribution >= 0.6 is 11.8 Å². The van der Waals surface area contributed by atoms with Gasteiger partial charge in [0.25, 0.3) is 0 Å². The maximum absolute atomic E-state index is 12.6. The van der Waals surface area contributed by atoms with Crippen molar-refractivity contribution in [3.63, 3.8) is 0 Å². The Balaban J connectivity index is 4.83. The predicted octanol–water partition coefficient (Wildman–Crippen LogP) is 0.765. The minimum atomic E-state index is -0.843. The summed E-state index contributed by atoms with van der Waals surface area (Å²) in [7, 11) is 0. The molecule has 0 aliphatic rings. The van der Waals surface area contributed by atoms with Gasteiger partial charge in [0.2, 0.25) is 17.7 Å². The average molecular weight is 419 g/mol. The summed E-state index contributed by atoms with van der Waals surface area (Å²) in [5, 5.41) is 7.53. The molecule has 0 unspecified atom stereocenters. The van der Waals surface area contributed by atoms with Crippen LogP contribution in [-0.4, -0.2) is 60.1 Å². The topological polar surface area (TPSA) is 140 Å². The van der Waals surface area contributed by atoms with Gasteiger partial charge in [-0.3, -0.25) is 14.4 Å². The number of ether oxygens (including phenoxy) is 1. The zero-order valence-corrected chi connectivity index (χ0v) is 18.4. The maximum atomic E-state index is 12.6. The molecule has 0 radical (unpaired) electrons. The Morgan fingerprint density at radius 1 is 1.07 bits per heavy atom. The van der Waals surface area contributed by atoms with Crippen LogP contribution in [0.25, 0.3) is 0 Å². The first-order valence-corrected chi connectivity index (χ1v) is 10.6. The van der Waals surface area contributed by atoms with Gasteiger partial charge in [0.05, 0.1) is 0 Å². The van der Waals surface area contributed by atoms with E-state index in [1.165, 1.54) is 11.8 Å². The number of primary amides is 1. The van der Waals surface area contributed by atoms with Crippen LogP contribution in [0.5, 0.6) is 0 Å². The highest BCUT2D eigenvalue weighted by atomic mass is 32.2. The van der Waals surface area contributed by atoms with E-state index >= 15 is 0 Å². The summed E-state index contributed by atoms with van der Waals surface area (Å²) in [6.45, 7) is 8.61. The van der Waals surface area contributed by atoms with Crippen molar-refractivity contribution in [3.05, 3.63) is 0 Å². The number of hydrogen-bond donors (Lipinski definition) is 4. The van der Waals surface area contributed by atoms with E-state index in [4.69, 9.17) is 10.5 Å². The summed E-state index contributed by atoms with van der Waals surface area (Å²) in [6, 6.07) is -1.64. The van der Waals surface area contributed by atoms with Gasteiger partial charge in [-0.2, -0.15) is 11.8 Å². The highest BCUT2D eigenvalue weighted by Gasteiger charge is 2.26. The van der Waals surface area contributed by atoms with Gasteiger partial charge in [-0.15, -0.1) is 0 Å². The minimum absolute atomic E-state index is 0.119. The van der Waals surface area contributed by atoms with E-state index in [1.54, 1.807) is 20.8 Å². The van der Waals surface area contributed by atoms with E-state index in [0.29, 0.717) is 18.6 Å². The Bertz CT molecular complexity index is 549. The van der Waals surface area contributed by atoms with Crippen molar-refractivity contribution in [2.45, 2.75) is 65.1 Å². The van der Waals surface area contributed by atoms with Crippen molar-refractivity contribution < 1.29 is 23.9 Å². The van der Waals surface area contributed by atoms with E-state index in [2.05, 4.69) is 16.0 Å². The smallest absolute Gasteiger partial charge is 0.408 e. The summed E-state index contributed by atoms with van der Waals surface area (Å²) in [5.41, 5.74) is 4.67. The van der Waals surface area contributed by atoms with Crippen molar-refractivity contribution in [2.24, 2.45) is 11.7 Å². The molecule has 0 fully saturated rings. The predicted molar refractivity (Wildman–Crippen MR) is 110 cm³/mol. The highest BCUT2D eigenvalue weighted by molar-refractivity contribution is 7.98. The van der Waals surface area contributed by atoms with E-state index < -0.39 is 41.5 Å². The SMILES string of the molecule is CSCC[C@@H](NC(=O)[C@H](CC(C)C)NC(=O)CNC(=O)OC(C)(C)C)C(N)=O. The molecule has 162 valence electrons. The zero-order valence-electron chi connectivity index (χ0n) is 17.6. The molecule has 5 N–H and O–H groups in total. The lowest BCUT2D eigenvalue weighted by molar-refractivity contribution is -0.131. The van der Waals surface area contributed by atoms with Gasteiger partial charge in [0.15, 0.2) is 0 Å². The van der Waals surface area contributed by atoms with Crippen molar-refractivity contribution in [3.8, 4) is 0 Å². The molecule has 0 aromatic carbocycles. The van der Waals surface area contributed by atoms with Gasteiger partial charge in [0, 0.05) is 0 Å². The second-order valence-corrected chi connectivity index (χ2v) is 8.84. The lowest BCUT2D eigenvalue weighted by Crippen LogP contribution is -2.54. The number of carbonyl (C=O) groups is 4. The number of nitrogens with one attached hydrogen (secondary N) is 3. The van der Waals surface area contributed by atoms with Crippen LogP contribution in [0.4, 0.5) is 4.79 Å². The Labute approximate surface area is 171 Å². The standard InChI is InChI=1S/C18H34N4O5S/c1-11(2)9-13(16(25)22-12(15(19)24)7-8-28-6)21-14(23)10-20-17(26)27-18(3,4)5/h11-13H,7-10H2,1-6H3,(H2,19,24)(H,20,26)(H,21,23)(H,22,25)/t12-,13+/m1/s1. The second-order valence-electron chi connectivity index (χ2n) is 7.85. The quantitative estimate of drug-likeness (QED) is 0.391. The van der Waals surface area contributed by atoms with Gasteiger partial charge < -0.3 is 26.4 Å². The van der Waals surface area contributed by atoms with E-state index in [0.717, 1.165) is 0 Å². The van der Waals surface area contributed by atoms with Crippen LogP contribution in [-0.2, 0) is 19.1 Å². The van der Waals surface area contributed by atoms with Crippen LogP contribution in [0.3, 0.4) is 0 Å². The lowest BCUT2D eigenvalue weighted by Gasteiger charge is -2.23. The van der Waals surface area contributed by atoms with Crippen molar-refractivity contribution >= 4 is 35.6 Å². The van der Waals surface area contributed by atoms with Crippen LogP contribution in [0.2, 0.25) is 0 Å². The van der Waals surface area contributed by atoms with Crippen molar-refractivity contribution in [1.29, 1.82) is 0 Å². The third-order valence-corrected chi connectivity index (χ3v) is 4.07. The fraction of sp³-hybridized carbons (Fsp3) is 0.778. The molecule has 4 amide bonds. The Morgan fingerprint density at radius 3 is 2.14 bits per heavy atom. The fourth-order valence-electron chi connectivity index (χ4n) is 2.21. The number of amides is 4. The first kappa shape index (κ1) is 26.0.